The zero-order valence-electron chi connectivity index (χ0n) is 13.0. The van der Waals surface area contributed by atoms with Crippen LogP contribution in [0.1, 0.15) is 50.1 Å². The van der Waals surface area contributed by atoms with Gasteiger partial charge in [0.1, 0.15) is 11.6 Å². The Morgan fingerprint density at radius 2 is 1.74 bits per heavy atom. The molecule has 2 aliphatic carbocycles. The Morgan fingerprint density at radius 1 is 1.13 bits per heavy atom. The number of amides is 1. The van der Waals surface area contributed by atoms with Crippen molar-refractivity contribution in [3.63, 3.8) is 0 Å². The van der Waals surface area contributed by atoms with Gasteiger partial charge in [-0.15, -0.1) is 0 Å². The average molecular weight is 339 g/mol. The number of hydrogen-bond donors (Lipinski definition) is 1. The van der Waals surface area contributed by atoms with E-state index in [1.807, 2.05) is 0 Å². The minimum Gasteiger partial charge on any atom is -0.348 e. The van der Waals surface area contributed by atoms with E-state index in [1.165, 1.54) is 12.1 Å². The lowest BCUT2D eigenvalue weighted by Crippen LogP contribution is -2.37. The summed E-state index contributed by atoms with van der Waals surface area (Å²) in [6.07, 6.45) is 5.17. The van der Waals surface area contributed by atoms with Gasteiger partial charge in [0.25, 0.3) is 0 Å². The molecule has 2 fully saturated rings. The normalized spacial score (nSPS) is 20.4. The zero-order valence-corrected chi connectivity index (χ0v) is 13.8. The lowest BCUT2D eigenvalue weighted by Gasteiger charge is -2.19. The number of carbonyl (C=O) groups excluding carboxylic acids is 1. The first kappa shape index (κ1) is 16.4. The van der Waals surface area contributed by atoms with Crippen LogP contribution < -0.4 is 5.32 Å². The molecule has 1 amide bonds. The highest BCUT2D eigenvalue weighted by Crippen LogP contribution is 2.41. The van der Waals surface area contributed by atoms with Gasteiger partial charge in [0.15, 0.2) is 9.84 Å². The van der Waals surface area contributed by atoms with Crippen LogP contribution in [0.2, 0.25) is 0 Å². The molecule has 1 aromatic rings. The van der Waals surface area contributed by atoms with Crippen LogP contribution in [0, 0.1) is 11.7 Å². The van der Waals surface area contributed by atoms with Crippen LogP contribution in [0.5, 0.6) is 0 Å². The van der Waals surface area contributed by atoms with E-state index >= 15 is 0 Å². The molecule has 2 aliphatic rings. The van der Waals surface area contributed by atoms with Crippen LogP contribution in [-0.2, 0) is 14.6 Å². The van der Waals surface area contributed by atoms with Crippen molar-refractivity contribution in [2.24, 2.45) is 5.92 Å². The Bertz CT molecular complexity index is 662. The zero-order chi connectivity index (χ0) is 16.4. The number of benzene rings is 1. The first-order valence-electron chi connectivity index (χ1n) is 8.22. The molecule has 0 heterocycles. The van der Waals surface area contributed by atoms with Gasteiger partial charge in [0.05, 0.1) is 11.3 Å². The fraction of sp³-hybridized carbons (Fsp3) is 0.588. The lowest BCUT2D eigenvalue weighted by atomic mass is 10.0. The molecule has 0 spiro atoms. The highest BCUT2D eigenvalue weighted by molar-refractivity contribution is 7.92. The summed E-state index contributed by atoms with van der Waals surface area (Å²) in [4.78, 5) is 12.2. The van der Waals surface area contributed by atoms with Crippen LogP contribution >= 0.6 is 0 Å². The smallest absolute Gasteiger partial charge is 0.235 e. The van der Waals surface area contributed by atoms with Gasteiger partial charge in [-0.2, -0.15) is 0 Å². The number of nitrogens with one attached hydrogen (secondary N) is 1. The van der Waals surface area contributed by atoms with E-state index in [2.05, 4.69) is 5.32 Å². The molecule has 0 bridgehead atoms. The van der Waals surface area contributed by atoms with Crippen molar-refractivity contribution in [1.29, 1.82) is 0 Å². The average Bonchev–Trinajstić information content (AvgIpc) is 3.17. The van der Waals surface area contributed by atoms with Crippen molar-refractivity contribution in [3.05, 3.63) is 35.6 Å². The number of sulfone groups is 1. The number of carbonyl (C=O) groups is 1. The molecule has 2 saturated carbocycles. The minimum atomic E-state index is -3.37. The summed E-state index contributed by atoms with van der Waals surface area (Å²) in [6.45, 7) is 0. The molecule has 126 valence electrons. The molecular weight excluding hydrogens is 317 g/mol. The molecule has 0 radical (unpaired) electrons. The molecule has 0 saturated heterocycles. The maximum atomic E-state index is 13.1. The Hall–Kier alpha value is -1.43. The second-order valence-electron chi connectivity index (χ2n) is 6.65. The maximum Gasteiger partial charge on any atom is 0.235 e. The van der Waals surface area contributed by atoms with Crippen molar-refractivity contribution in [2.75, 3.05) is 5.75 Å². The molecule has 1 aromatic carbocycles. The molecular formula is C17H22FNO3S. The molecule has 4 nitrogen and oxygen atoms in total. The van der Waals surface area contributed by atoms with Crippen LogP contribution in [0.4, 0.5) is 4.39 Å². The van der Waals surface area contributed by atoms with Gasteiger partial charge in [-0.25, -0.2) is 12.8 Å². The number of halogens is 1. The van der Waals surface area contributed by atoms with Gasteiger partial charge >= 0.3 is 0 Å². The summed E-state index contributed by atoms with van der Waals surface area (Å²) in [5, 5.41) is 2.49. The molecule has 0 aliphatic heterocycles. The SMILES string of the molecule is O=C(CS(=O)(=O)C1CCCC1)N[C@H](c1ccc(F)cc1)C1CC1. The Kier molecular flexibility index (Phi) is 4.71. The summed E-state index contributed by atoms with van der Waals surface area (Å²) in [5.74, 6) is -0.891. The third kappa shape index (κ3) is 4.10. The van der Waals surface area contributed by atoms with E-state index in [0.29, 0.717) is 18.8 Å². The Balaban J connectivity index is 1.66. The molecule has 1 N–H and O–H groups in total. The first-order chi connectivity index (χ1) is 11.0. The second-order valence-corrected chi connectivity index (χ2v) is 8.93. The predicted octanol–water partition coefficient (Wildman–Crippen LogP) is 2.75. The first-order valence-corrected chi connectivity index (χ1v) is 9.93. The maximum absolute atomic E-state index is 13.1. The van der Waals surface area contributed by atoms with E-state index in [9.17, 15) is 17.6 Å². The van der Waals surface area contributed by atoms with Crippen molar-refractivity contribution in [3.8, 4) is 0 Å². The largest absolute Gasteiger partial charge is 0.348 e. The molecule has 6 heteroatoms. The predicted molar refractivity (Wildman–Crippen MR) is 86.1 cm³/mol. The summed E-state index contributed by atoms with van der Waals surface area (Å²) >= 11 is 0. The molecule has 23 heavy (non-hydrogen) atoms. The standard InChI is InChI=1S/C17H22FNO3S/c18-14-9-7-13(8-10-14)17(12-5-6-12)19-16(20)11-23(21,22)15-3-1-2-4-15/h7-10,12,15,17H,1-6,11H2,(H,19,20)/t17-/m0/s1. The van der Waals surface area contributed by atoms with E-state index in [1.54, 1.807) is 12.1 Å². The highest BCUT2D eigenvalue weighted by Gasteiger charge is 2.35. The topological polar surface area (TPSA) is 63.2 Å². The second kappa shape index (κ2) is 6.59. The quantitative estimate of drug-likeness (QED) is 0.867. The minimum absolute atomic E-state index is 0.220. The number of rotatable bonds is 6. The summed E-state index contributed by atoms with van der Waals surface area (Å²) in [7, 11) is -3.37. The van der Waals surface area contributed by atoms with Gasteiger partial charge < -0.3 is 5.32 Å². The van der Waals surface area contributed by atoms with Crippen LogP contribution in [-0.4, -0.2) is 25.3 Å². The molecule has 3 rings (SSSR count). The third-order valence-corrected chi connectivity index (χ3v) is 6.93. The molecule has 0 aromatic heterocycles. The van der Waals surface area contributed by atoms with Gasteiger partial charge in [-0.05, 0) is 49.3 Å². The van der Waals surface area contributed by atoms with Crippen LogP contribution in [0.25, 0.3) is 0 Å². The highest BCUT2D eigenvalue weighted by atomic mass is 32.2. The lowest BCUT2D eigenvalue weighted by molar-refractivity contribution is -0.119. The van der Waals surface area contributed by atoms with Crippen molar-refractivity contribution in [1.82, 2.24) is 5.32 Å². The van der Waals surface area contributed by atoms with Gasteiger partial charge in [0.2, 0.25) is 5.91 Å². The van der Waals surface area contributed by atoms with Gasteiger partial charge in [-0.1, -0.05) is 25.0 Å². The van der Waals surface area contributed by atoms with E-state index in [0.717, 1.165) is 31.2 Å². The van der Waals surface area contributed by atoms with Crippen molar-refractivity contribution >= 4 is 15.7 Å². The molecule has 0 unspecified atom stereocenters. The third-order valence-electron chi connectivity index (χ3n) is 4.78. The summed E-state index contributed by atoms with van der Waals surface area (Å²) in [5.41, 5.74) is 0.834. The van der Waals surface area contributed by atoms with Gasteiger partial charge in [0, 0.05) is 0 Å². The van der Waals surface area contributed by atoms with Gasteiger partial charge in [-0.3, -0.25) is 4.79 Å². The van der Waals surface area contributed by atoms with E-state index in [4.69, 9.17) is 0 Å². The van der Waals surface area contributed by atoms with Crippen molar-refractivity contribution in [2.45, 2.75) is 49.8 Å². The number of hydrogen-bond acceptors (Lipinski definition) is 3. The fourth-order valence-corrected chi connectivity index (χ4v) is 5.07. The Labute approximate surface area is 136 Å². The van der Waals surface area contributed by atoms with Crippen molar-refractivity contribution < 1.29 is 17.6 Å². The fourth-order valence-electron chi connectivity index (χ4n) is 3.34. The van der Waals surface area contributed by atoms with Crippen LogP contribution in [0.3, 0.4) is 0 Å². The summed E-state index contributed by atoms with van der Waals surface area (Å²) < 4.78 is 37.6. The monoisotopic (exact) mass is 339 g/mol. The summed E-state index contributed by atoms with van der Waals surface area (Å²) in [6, 6.07) is 5.83. The van der Waals surface area contributed by atoms with E-state index < -0.39 is 21.5 Å². The Morgan fingerprint density at radius 3 is 2.30 bits per heavy atom. The van der Waals surface area contributed by atoms with E-state index in [-0.39, 0.29) is 17.1 Å². The molecule has 1 atom stereocenters. The van der Waals surface area contributed by atoms with Crippen LogP contribution in [0.15, 0.2) is 24.3 Å².